The number of benzene rings is 1. The van der Waals surface area contributed by atoms with Gasteiger partial charge in [0.25, 0.3) is 0 Å². The zero-order valence-corrected chi connectivity index (χ0v) is 36.4. The molecule has 6 N–H and O–H groups in total. The summed E-state index contributed by atoms with van der Waals surface area (Å²) in [6, 6.07) is 1.76. The van der Waals surface area contributed by atoms with Crippen molar-refractivity contribution in [3.05, 3.63) is 22.9 Å². The summed E-state index contributed by atoms with van der Waals surface area (Å²) in [6.45, 7) is 6.27. The highest BCUT2D eigenvalue weighted by Crippen LogP contribution is 2.36. The third-order valence-electron chi connectivity index (χ3n) is 9.38. The summed E-state index contributed by atoms with van der Waals surface area (Å²) >= 11 is 1.37. The Labute approximate surface area is 361 Å². The van der Waals surface area contributed by atoms with Crippen LogP contribution in [0.15, 0.2) is 12.1 Å². The number of Topliss-reactive ketones (excluding diaryl/α,β-unsaturated/α-hetero) is 3. The lowest BCUT2D eigenvalue weighted by Gasteiger charge is -2.32. The van der Waals surface area contributed by atoms with Gasteiger partial charge < -0.3 is 60.2 Å². The van der Waals surface area contributed by atoms with Gasteiger partial charge >= 0.3 is 0 Å². The molecule has 1 aromatic carbocycles. The number of hydrogen-bond acceptors (Lipinski definition) is 17. The molecular weight excluding hydrogens is 821 g/mol. The molecule has 4 atom stereocenters. The summed E-state index contributed by atoms with van der Waals surface area (Å²) in [5, 5.41) is 26.1. The highest BCUT2D eigenvalue weighted by molar-refractivity contribution is 8.00. The van der Waals surface area contributed by atoms with Crippen LogP contribution in [0.3, 0.4) is 0 Å². The van der Waals surface area contributed by atoms with Crippen LogP contribution in [0.1, 0.15) is 63.5 Å². The van der Waals surface area contributed by atoms with Crippen molar-refractivity contribution in [1.82, 2.24) is 26.6 Å². The summed E-state index contributed by atoms with van der Waals surface area (Å²) in [4.78, 5) is 77.9. The highest BCUT2D eigenvalue weighted by atomic mass is 32.2. The number of quaternary nitrogens is 1. The second-order valence-electron chi connectivity index (χ2n) is 14.1. The van der Waals surface area contributed by atoms with E-state index in [1.165, 1.54) is 24.9 Å². The molecular formula is C40H64N6O14S. The Kier molecular flexibility index (Phi) is 25.6. The van der Waals surface area contributed by atoms with Gasteiger partial charge in [-0.2, -0.15) is 21.8 Å². The first kappa shape index (κ1) is 51.6. The van der Waals surface area contributed by atoms with Crippen LogP contribution in [0.2, 0.25) is 0 Å². The van der Waals surface area contributed by atoms with E-state index < -0.39 is 17.3 Å². The van der Waals surface area contributed by atoms with E-state index in [1.807, 2.05) is 6.92 Å². The standard InChI is InChI=1S/C40H64N6O14S/c1-4-6-36(49)42-12-11-41-26-28(47)7-5-14-59-34-24-31-29(23-33(34)54-2)30(27-60-46(31)53)45-38(51)9-15-55-17-19-57-21-22-58-20-18-56-16-13-43-37(50)8-10-44-39-32(48)25-35(61-3)40(39)52/h23-24,30,35,39,41,44,46H,4-22,25-27H2,1-3H3,(H,42,49)(H,43,50)(H,45,51). The van der Waals surface area contributed by atoms with E-state index in [4.69, 9.17) is 33.3 Å². The van der Waals surface area contributed by atoms with Crippen LogP contribution in [0.4, 0.5) is 5.69 Å². The van der Waals surface area contributed by atoms with Crippen molar-refractivity contribution in [2.45, 2.75) is 69.2 Å². The quantitative estimate of drug-likeness (QED) is 0.0283. The molecule has 61 heavy (non-hydrogen) atoms. The molecule has 2 aliphatic rings. The Bertz CT molecular complexity index is 1540. The Morgan fingerprint density at radius 3 is 2.15 bits per heavy atom. The molecule has 20 nitrogen and oxygen atoms in total. The second-order valence-corrected chi connectivity index (χ2v) is 15.1. The summed E-state index contributed by atoms with van der Waals surface area (Å²) in [5.74, 6) is -0.0504. The van der Waals surface area contributed by atoms with Gasteiger partial charge in [0.1, 0.15) is 18.4 Å². The number of fused-ring (bicyclic) bond motifs is 1. The van der Waals surface area contributed by atoms with Crippen molar-refractivity contribution in [2.75, 3.05) is 112 Å². The van der Waals surface area contributed by atoms with Crippen LogP contribution in [0, 0.1) is 5.21 Å². The second kappa shape index (κ2) is 30.3. The van der Waals surface area contributed by atoms with E-state index in [-0.39, 0.29) is 111 Å². The average Bonchev–Trinajstić information content (AvgIpc) is 3.52. The monoisotopic (exact) mass is 884 g/mol. The Hall–Kier alpha value is -3.77. The molecule has 1 aromatic rings. The van der Waals surface area contributed by atoms with Gasteiger partial charge in [-0.1, -0.05) is 6.92 Å². The number of amides is 3. The van der Waals surface area contributed by atoms with Gasteiger partial charge in [0.2, 0.25) is 17.7 Å². The third kappa shape index (κ3) is 19.9. The fraction of sp³-hybridized carbons (Fsp3) is 0.700. The van der Waals surface area contributed by atoms with Crippen LogP contribution < -0.4 is 41.3 Å². The summed E-state index contributed by atoms with van der Waals surface area (Å²) in [5.41, 5.74) is 0.785. The summed E-state index contributed by atoms with van der Waals surface area (Å²) < 4.78 is 33.3. The largest absolute Gasteiger partial charge is 0.595 e. The first-order valence-corrected chi connectivity index (χ1v) is 22.1. The first-order chi connectivity index (χ1) is 29.6. The van der Waals surface area contributed by atoms with E-state index in [2.05, 4.69) is 26.6 Å². The molecule has 4 unspecified atom stereocenters. The van der Waals surface area contributed by atoms with Gasteiger partial charge in [-0.15, -0.1) is 0 Å². The van der Waals surface area contributed by atoms with Crippen LogP contribution in [-0.2, 0) is 52.6 Å². The molecule has 0 bridgehead atoms. The molecule has 3 rings (SSSR count). The van der Waals surface area contributed by atoms with E-state index >= 15 is 0 Å². The van der Waals surface area contributed by atoms with E-state index in [1.54, 1.807) is 12.3 Å². The number of methoxy groups -OCH3 is 1. The maximum absolute atomic E-state index is 12.7. The minimum absolute atomic E-state index is 0.00682. The molecule has 1 aliphatic carbocycles. The molecule has 21 heteroatoms. The minimum atomic E-state index is -0.814. The molecule has 344 valence electrons. The van der Waals surface area contributed by atoms with Gasteiger partial charge in [-0.3, -0.25) is 28.8 Å². The van der Waals surface area contributed by atoms with Gasteiger partial charge in [-0.05, 0) is 25.2 Å². The van der Waals surface area contributed by atoms with Gasteiger partial charge in [0.05, 0.1) is 84.4 Å². The van der Waals surface area contributed by atoms with E-state index in [0.29, 0.717) is 89.2 Å². The Balaban J connectivity index is 1.18. The molecule has 0 radical (unpaired) electrons. The third-order valence-corrected chi connectivity index (χ3v) is 10.3. The fourth-order valence-corrected chi connectivity index (χ4v) is 6.87. The number of nitrogens with one attached hydrogen (secondary N) is 6. The van der Waals surface area contributed by atoms with Gasteiger partial charge in [0.15, 0.2) is 28.8 Å². The van der Waals surface area contributed by atoms with Gasteiger partial charge in [-0.25, -0.2) is 0 Å². The average molecular weight is 885 g/mol. The number of rotatable bonds is 34. The zero-order chi connectivity index (χ0) is 44.2. The number of ether oxygens (including phenoxy) is 6. The van der Waals surface area contributed by atoms with Crippen molar-refractivity contribution in [1.29, 1.82) is 0 Å². The molecule has 3 amide bonds. The van der Waals surface area contributed by atoms with Crippen LogP contribution in [0.25, 0.3) is 0 Å². The predicted octanol–water partition coefficient (Wildman–Crippen LogP) is -0.760. The van der Waals surface area contributed by atoms with E-state index in [9.17, 15) is 34.0 Å². The first-order valence-electron chi connectivity index (χ1n) is 20.8. The lowest BCUT2D eigenvalue weighted by molar-refractivity contribution is -1.00. The van der Waals surface area contributed by atoms with Crippen molar-refractivity contribution in [2.24, 2.45) is 0 Å². The lowest BCUT2D eigenvalue weighted by atomic mass is 10.0. The number of ketones is 3. The highest BCUT2D eigenvalue weighted by Gasteiger charge is 2.40. The van der Waals surface area contributed by atoms with Crippen molar-refractivity contribution < 1.29 is 67.3 Å². The van der Waals surface area contributed by atoms with Crippen LogP contribution in [0.5, 0.6) is 11.5 Å². The molecule has 1 aliphatic heterocycles. The smallest absolute Gasteiger partial charge is 0.222 e. The Morgan fingerprint density at radius 2 is 1.48 bits per heavy atom. The number of carbonyl (C=O) groups is 6. The lowest BCUT2D eigenvalue weighted by Crippen LogP contribution is -3.02. The Morgan fingerprint density at radius 1 is 0.803 bits per heavy atom. The molecule has 1 fully saturated rings. The van der Waals surface area contributed by atoms with Crippen molar-refractivity contribution in [3.63, 3.8) is 0 Å². The number of carbonyl (C=O) groups excluding carboxylic acids is 6. The van der Waals surface area contributed by atoms with Gasteiger partial charge in [0, 0.05) is 69.9 Å². The molecule has 0 spiro atoms. The maximum Gasteiger partial charge on any atom is 0.222 e. The van der Waals surface area contributed by atoms with E-state index in [0.717, 1.165) is 6.42 Å². The molecule has 0 aromatic heterocycles. The number of hydrogen-bond donors (Lipinski definition) is 6. The maximum atomic E-state index is 12.7. The normalized spacial score (nSPS) is 18.4. The summed E-state index contributed by atoms with van der Waals surface area (Å²) in [6.07, 6.45) is 4.26. The van der Waals surface area contributed by atoms with Crippen LogP contribution >= 0.6 is 11.8 Å². The number of thioether (sulfide) groups is 1. The zero-order valence-electron chi connectivity index (χ0n) is 35.6. The van der Waals surface area contributed by atoms with Crippen molar-refractivity contribution in [3.8, 4) is 11.5 Å². The van der Waals surface area contributed by atoms with Crippen molar-refractivity contribution >= 4 is 52.5 Å². The predicted molar refractivity (Wildman–Crippen MR) is 224 cm³/mol. The topological polar surface area (TPSA) is 255 Å². The molecule has 1 heterocycles. The molecule has 1 saturated carbocycles. The fourth-order valence-electron chi connectivity index (χ4n) is 6.17. The minimum Gasteiger partial charge on any atom is -0.595 e. The van der Waals surface area contributed by atoms with Crippen LogP contribution in [-0.4, -0.2) is 159 Å². The SMILES string of the molecule is CCCC(=O)NCCNCC(=O)CCCOc1cc2c(cc1OC)C(NC(=O)CCOCCOCCOCCOCCNC(=O)CCNC1C(=O)CC(SC)C1=O)CO[NH+]2[O-]. The molecule has 0 saturated heterocycles. The summed E-state index contributed by atoms with van der Waals surface area (Å²) in [7, 11) is 1.47.